The van der Waals surface area contributed by atoms with Gasteiger partial charge in [0.15, 0.2) is 10.7 Å². The van der Waals surface area contributed by atoms with Gasteiger partial charge in [0.1, 0.15) is 5.69 Å². The summed E-state index contributed by atoms with van der Waals surface area (Å²) in [4.78, 5) is 0.0869. The van der Waals surface area contributed by atoms with Crippen molar-refractivity contribution in [2.75, 3.05) is 17.8 Å². The Morgan fingerprint density at radius 3 is 2.04 bits per heavy atom. The molecule has 0 aliphatic rings. The summed E-state index contributed by atoms with van der Waals surface area (Å²) >= 11 is 0. The molecular weight excluding hydrogens is 366 g/mol. The van der Waals surface area contributed by atoms with Crippen LogP contribution in [0.4, 0.5) is 5.69 Å². The molecule has 2 rings (SSSR count). The maximum absolute atomic E-state index is 12.4. The molecule has 1 aromatic heterocycles. The topological polar surface area (TPSA) is 110 Å². The van der Waals surface area contributed by atoms with Gasteiger partial charge in [0.05, 0.1) is 4.90 Å². The fourth-order valence-corrected chi connectivity index (χ4v) is 5.32. The van der Waals surface area contributed by atoms with Crippen LogP contribution in [-0.2, 0) is 20.0 Å². The number of hydrogen-bond donors (Lipinski definition) is 1. The Morgan fingerprint density at radius 1 is 1.04 bits per heavy atom. The Balaban J connectivity index is 2.30. The van der Waals surface area contributed by atoms with Gasteiger partial charge in [-0.15, -0.1) is 0 Å². The first-order valence-electron chi connectivity index (χ1n) is 7.69. The second-order valence-electron chi connectivity index (χ2n) is 5.37. The van der Waals surface area contributed by atoms with Gasteiger partial charge < -0.3 is 4.52 Å². The maximum Gasteiger partial charge on any atom is 0.267 e. The summed E-state index contributed by atoms with van der Waals surface area (Å²) in [5.74, 6) is 0.186. The third-order valence-electron chi connectivity index (χ3n) is 3.69. The van der Waals surface area contributed by atoms with Gasteiger partial charge in [0, 0.05) is 18.8 Å². The van der Waals surface area contributed by atoms with Crippen LogP contribution in [0, 0.1) is 13.8 Å². The lowest BCUT2D eigenvalue weighted by molar-refractivity contribution is 0.390. The van der Waals surface area contributed by atoms with E-state index >= 15 is 0 Å². The number of benzene rings is 1. The van der Waals surface area contributed by atoms with Gasteiger partial charge in [0.25, 0.3) is 10.0 Å². The Kier molecular flexibility index (Phi) is 5.55. The van der Waals surface area contributed by atoms with E-state index in [1.807, 2.05) is 0 Å². The Labute approximate surface area is 147 Å². The zero-order chi connectivity index (χ0) is 18.8. The fourth-order valence-electron chi connectivity index (χ4n) is 2.47. The second-order valence-corrected chi connectivity index (χ2v) is 8.93. The van der Waals surface area contributed by atoms with Crippen molar-refractivity contribution in [3.8, 4) is 0 Å². The Hall–Kier alpha value is -1.91. The van der Waals surface area contributed by atoms with Crippen molar-refractivity contribution in [2.24, 2.45) is 0 Å². The number of aryl methyl sites for hydroxylation is 2. The standard InChI is InChI=1S/C15H21N3O5S2/c1-5-18(6-2)25(21,22)14-9-7-13(8-10-14)17-24(19,20)15-11(3)16-23-12(15)4/h7-10,17H,5-6H2,1-4H3. The van der Waals surface area contributed by atoms with E-state index in [0.717, 1.165) is 0 Å². The molecule has 0 amide bonds. The van der Waals surface area contributed by atoms with Crippen LogP contribution in [0.5, 0.6) is 0 Å². The molecule has 1 heterocycles. The van der Waals surface area contributed by atoms with E-state index in [0.29, 0.717) is 13.1 Å². The molecule has 0 fully saturated rings. The van der Waals surface area contributed by atoms with E-state index in [9.17, 15) is 16.8 Å². The van der Waals surface area contributed by atoms with E-state index in [2.05, 4.69) is 9.88 Å². The third-order valence-corrected chi connectivity index (χ3v) is 7.38. The molecule has 0 bridgehead atoms. The molecule has 1 aromatic carbocycles. The molecule has 0 unspecified atom stereocenters. The van der Waals surface area contributed by atoms with Crippen LogP contribution in [-0.4, -0.2) is 39.4 Å². The van der Waals surface area contributed by atoms with Gasteiger partial charge in [-0.25, -0.2) is 16.8 Å². The fraction of sp³-hybridized carbons (Fsp3) is 0.400. The number of sulfonamides is 2. The summed E-state index contributed by atoms with van der Waals surface area (Å²) in [6.07, 6.45) is 0. The predicted octanol–water partition coefficient (Wildman–Crippen LogP) is 2.12. The first-order chi connectivity index (χ1) is 11.6. The number of hydrogen-bond acceptors (Lipinski definition) is 6. The molecule has 1 N–H and O–H groups in total. The van der Waals surface area contributed by atoms with Crippen LogP contribution in [0.1, 0.15) is 25.3 Å². The van der Waals surface area contributed by atoms with Gasteiger partial charge in [-0.1, -0.05) is 19.0 Å². The predicted molar refractivity (Wildman–Crippen MR) is 93.3 cm³/mol. The molecule has 0 saturated carbocycles. The molecule has 0 aliphatic heterocycles. The normalized spacial score (nSPS) is 12.5. The molecule has 0 spiro atoms. The van der Waals surface area contributed by atoms with E-state index in [4.69, 9.17) is 4.52 Å². The molecule has 10 heteroatoms. The highest BCUT2D eigenvalue weighted by molar-refractivity contribution is 7.92. The van der Waals surface area contributed by atoms with Crippen molar-refractivity contribution < 1.29 is 21.4 Å². The number of anilines is 1. The average Bonchev–Trinajstić information content (AvgIpc) is 2.88. The molecule has 8 nitrogen and oxygen atoms in total. The molecule has 0 radical (unpaired) electrons. The summed E-state index contributed by atoms with van der Waals surface area (Å²) < 4.78 is 58.4. The van der Waals surface area contributed by atoms with Crippen molar-refractivity contribution in [1.82, 2.24) is 9.46 Å². The molecule has 25 heavy (non-hydrogen) atoms. The summed E-state index contributed by atoms with van der Waals surface area (Å²) in [5, 5.41) is 3.63. The molecule has 138 valence electrons. The van der Waals surface area contributed by atoms with Gasteiger partial charge >= 0.3 is 0 Å². The average molecular weight is 387 g/mol. The lowest BCUT2D eigenvalue weighted by atomic mass is 10.3. The number of nitrogens with one attached hydrogen (secondary N) is 1. The molecule has 0 saturated heterocycles. The highest BCUT2D eigenvalue weighted by atomic mass is 32.2. The first kappa shape index (κ1) is 19.4. The Bertz CT molecular complexity index is 924. The minimum absolute atomic E-state index is 0.0210. The van der Waals surface area contributed by atoms with E-state index < -0.39 is 20.0 Å². The third kappa shape index (κ3) is 3.86. The van der Waals surface area contributed by atoms with Crippen molar-refractivity contribution in [3.05, 3.63) is 35.7 Å². The van der Waals surface area contributed by atoms with Crippen molar-refractivity contribution in [1.29, 1.82) is 0 Å². The van der Waals surface area contributed by atoms with E-state index in [-0.39, 0.29) is 26.9 Å². The first-order valence-corrected chi connectivity index (χ1v) is 10.6. The molecule has 0 aliphatic carbocycles. The Morgan fingerprint density at radius 2 is 1.60 bits per heavy atom. The van der Waals surface area contributed by atoms with E-state index in [1.165, 1.54) is 42.4 Å². The quantitative estimate of drug-likeness (QED) is 0.779. The van der Waals surface area contributed by atoms with Crippen LogP contribution in [0.2, 0.25) is 0 Å². The number of rotatable bonds is 7. The summed E-state index contributed by atoms with van der Waals surface area (Å²) in [5.41, 5.74) is 0.504. The molecule has 2 aromatic rings. The summed E-state index contributed by atoms with van der Waals surface area (Å²) in [7, 11) is -7.46. The zero-order valence-electron chi connectivity index (χ0n) is 14.5. The number of nitrogens with zero attached hydrogens (tertiary/aromatic N) is 2. The lowest BCUT2D eigenvalue weighted by Gasteiger charge is -2.18. The number of aromatic nitrogens is 1. The van der Waals surface area contributed by atoms with Crippen molar-refractivity contribution in [3.63, 3.8) is 0 Å². The highest BCUT2D eigenvalue weighted by Crippen LogP contribution is 2.24. The highest BCUT2D eigenvalue weighted by Gasteiger charge is 2.25. The maximum atomic E-state index is 12.4. The van der Waals surface area contributed by atoms with Gasteiger partial charge in [0.2, 0.25) is 10.0 Å². The summed E-state index contributed by atoms with van der Waals surface area (Å²) in [6.45, 7) is 7.28. The minimum Gasteiger partial charge on any atom is -0.360 e. The summed E-state index contributed by atoms with van der Waals surface area (Å²) in [6, 6.07) is 5.57. The lowest BCUT2D eigenvalue weighted by Crippen LogP contribution is -2.30. The van der Waals surface area contributed by atoms with Crippen LogP contribution < -0.4 is 4.72 Å². The van der Waals surface area contributed by atoms with Gasteiger partial charge in [-0.3, -0.25) is 4.72 Å². The van der Waals surface area contributed by atoms with Crippen LogP contribution in [0.15, 0.2) is 38.6 Å². The molecule has 0 atom stereocenters. The SMILES string of the molecule is CCN(CC)S(=O)(=O)c1ccc(NS(=O)(=O)c2c(C)noc2C)cc1. The minimum atomic E-state index is -3.87. The van der Waals surface area contributed by atoms with Gasteiger partial charge in [-0.05, 0) is 38.1 Å². The smallest absolute Gasteiger partial charge is 0.267 e. The van der Waals surface area contributed by atoms with Crippen molar-refractivity contribution in [2.45, 2.75) is 37.5 Å². The molecular formula is C15H21N3O5S2. The second kappa shape index (κ2) is 7.14. The van der Waals surface area contributed by atoms with Crippen LogP contribution >= 0.6 is 0 Å². The van der Waals surface area contributed by atoms with Crippen LogP contribution in [0.3, 0.4) is 0 Å². The van der Waals surface area contributed by atoms with Crippen LogP contribution in [0.25, 0.3) is 0 Å². The monoisotopic (exact) mass is 387 g/mol. The van der Waals surface area contributed by atoms with Crippen molar-refractivity contribution >= 4 is 25.7 Å². The zero-order valence-corrected chi connectivity index (χ0v) is 16.1. The van der Waals surface area contributed by atoms with E-state index in [1.54, 1.807) is 13.8 Å². The largest absolute Gasteiger partial charge is 0.360 e. The van der Waals surface area contributed by atoms with Gasteiger partial charge in [-0.2, -0.15) is 4.31 Å².